The Morgan fingerprint density at radius 3 is 2.95 bits per heavy atom. The first-order valence-corrected chi connectivity index (χ1v) is 6.53. The molecule has 5 nitrogen and oxygen atoms in total. The number of hydrogen-bond donors (Lipinski definition) is 2. The molecule has 1 aliphatic heterocycles. The summed E-state index contributed by atoms with van der Waals surface area (Å²) in [7, 11) is 1.65. The fraction of sp³-hybridized carbons (Fsp3) is 0.500. The van der Waals surface area contributed by atoms with E-state index >= 15 is 0 Å². The van der Waals surface area contributed by atoms with Crippen LogP contribution in [0.2, 0.25) is 0 Å². The Morgan fingerprint density at radius 1 is 1.47 bits per heavy atom. The van der Waals surface area contributed by atoms with Crippen LogP contribution in [-0.2, 0) is 0 Å². The number of guanidine groups is 1. The normalized spacial score (nSPS) is 19.3. The van der Waals surface area contributed by atoms with Gasteiger partial charge in [-0.1, -0.05) is 6.07 Å². The average Bonchev–Trinajstić information content (AvgIpc) is 2.82. The Morgan fingerprint density at radius 2 is 2.26 bits per heavy atom. The lowest BCUT2D eigenvalue weighted by atomic mass is 10.3. The Kier molecular flexibility index (Phi) is 4.49. The molecule has 19 heavy (non-hydrogen) atoms. The van der Waals surface area contributed by atoms with E-state index in [9.17, 15) is 0 Å². The Bertz CT molecular complexity index is 448. The Labute approximate surface area is 114 Å². The monoisotopic (exact) mass is 263 g/mol. The van der Waals surface area contributed by atoms with Gasteiger partial charge in [-0.15, -0.1) is 0 Å². The molecule has 1 heterocycles. The van der Waals surface area contributed by atoms with Crippen LogP contribution in [0.1, 0.15) is 13.8 Å². The van der Waals surface area contributed by atoms with E-state index in [-0.39, 0.29) is 6.10 Å². The van der Waals surface area contributed by atoms with Crippen molar-refractivity contribution < 1.29 is 9.47 Å². The maximum absolute atomic E-state index is 5.82. The lowest BCUT2D eigenvalue weighted by Crippen LogP contribution is -2.41. The molecule has 5 heteroatoms. The maximum atomic E-state index is 5.82. The molecule has 0 radical (unpaired) electrons. The van der Waals surface area contributed by atoms with Gasteiger partial charge in [0.25, 0.3) is 0 Å². The third kappa shape index (κ3) is 4.05. The number of ether oxygens (including phenoxy) is 2. The summed E-state index contributed by atoms with van der Waals surface area (Å²) in [6, 6.07) is 8.03. The van der Waals surface area contributed by atoms with Gasteiger partial charge in [0, 0.05) is 12.1 Å². The van der Waals surface area contributed by atoms with E-state index in [2.05, 4.69) is 22.5 Å². The zero-order valence-corrected chi connectivity index (χ0v) is 11.6. The summed E-state index contributed by atoms with van der Waals surface area (Å²) in [5.74, 6) is 2.46. The summed E-state index contributed by atoms with van der Waals surface area (Å²) in [6.07, 6.45) is 0.0486. The number of nitrogens with zero attached hydrogens (tertiary/aromatic N) is 1. The molecule has 0 fully saturated rings. The van der Waals surface area contributed by atoms with Gasteiger partial charge in [0.2, 0.25) is 0 Å². The molecule has 0 saturated carbocycles. The quantitative estimate of drug-likeness (QED) is 0.843. The number of rotatable bonds is 5. The Hall–Kier alpha value is -1.91. The van der Waals surface area contributed by atoms with Crippen molar-refractivity contribution in [3.8, 4) is 11.5 Å². The molecule has 1 aliphatic rings. The van der Waals surface area contributed by atoms with Gasteiger partial charge < -0.3 is 20.1 Å². The van der Waals surface area contributed by atoms with Gasteiger partial charge in [-0.05, 0) is 26.0 Å². The predicted molar refractivity (Wildman–Crippen MR) is 76.0 cm³/mol. The van der Waals surface area contributed by atoms with Crippen molar-refractivity contribution in [2.75, 3.05) is 20.2 Å². The smallest absolute Gasteiger partial charge is 0.191 e. The van der Waals surface area contributed by atoms with Gasteiger partial charge in [0.05, 0.1) is 20.2 Å². The molecule has 0 aliphatic carbocycles. The van der Waals surface area contributed by atoms with Crippen LogP contribution in [0.3, 0.4) is 0 Å². The molecule has 0 amide bonds. The summed E-state index contributed by atoms with van der Waals surface area (Å²) in [4.78, 5) is 4.34. The van der Waals surface area contributed by atoms with Crippen LogP contribution in [0.5, 0.6) is 11.5 Å². The highest BCUT2D eigenvalue weighted by Crippen LogP contribution is 2.19. The lowest BCUT2D eigenvalue weighted by molar-refractivity contribution is 0.223. The zero-order valence-electron chi connectivity index (χ0n) is 11.6. The van der Waals surface area contributed by atoms with Crippen molar-refractivity contribution in [1.82, 2.24) is 10.6 Å². The second kappa shape index (κ2) is 6.31. The van der Waals surface area contributed by atoms with Gasteiger partial charge in [0.15, 0.2) is 5.96 Å². The number of methoxy groups -OCH3 is 1. The summed E-state index contributed by atoms with van der Waals surface area (Å²) in [6.45, 7) is 5.66. The lowest BCUT2D eigenvalue weighted by Gasteiger charge is -2.17. The second-order valence-corrected chi connectivity index (χ2v) is 4.72. The van der Waals surface area contributed by atoms with Crippen LogP contribution < -0.4 is 20.1 Å². The fourth-order valence-corrected chi connectivity index (χ4v) is 1.85. The summed E-state index contributed by atoms with van der Waals surface area (Å²) < 4.78 is 11.0. The molecule has 2 atom stereocenters. The minimum atomic E-state index is 0.0486. The van der Waals surface area contributed by atoms with Gasteiger partial charge in [-0.2, -0.15) is 0 Å². The molecule has 1 aromatic rings. The maximum Gasteiger partial charge on any atom is 0.191 e. The Balaban J connectivity index is 1.79. The SMILES string of the molecule is COc1cccc(OC(C)CNC2=NCC(C)N2)c1. The molecular weight excluding hydrogens is 242 g/mol. The first kappa shape index (κ1) is 13.5. The van der Waals surface area contributed by atoms with E-state index in [4.69, 9.17) is 9.47 Å². The van der Waals surface area contributed by atoms with Crippen molar-refractivity contribution in [2.45, 2.75) is 26.0 Å². The molecule has 2 N–H and O–H groups in total. The zero-order chi connectivity index (χ0) is 13.7. The molecule has 0 spiro atoms. The summed E-state index contributed by atoms with van der Waals surface area (Å²) in [5, 5.41) is 6.50. The molecule has 104 valence electrons. The van der Waals surface area contributed by atoms with E-state index in [1.165, 1.54) is 0 Å². The van der Waals surface area contributed by atoms with Gasteiger partial charge in [-0.3, -0.25) is 4.99 Å². The van der Waals surface area contributed by atoms with E-state index in [0.717, 1.165) is 24.0 Å². The van der Waals surface area contributed by atoms with Gasteiger partial charge in [-0.25, -0.2) is 0 Å². The molecule has 1 aromatic carbocycles. The molecule has 2 unspecified atom stereocenters. The third-order valence-electron chi connectivity index (χ3n) is 2.84. The van der Waals surface area contributed by atoms with Crippen molar-refractivity contribution in [2.24, 2.45) is 4.99 Å². The van der Waals surface area contributed by atoms with E-state index in [1.807, 2.05) is 31.2 Å². The largest absolute Gasteiger partial charge is 0.497 e. The van der Waals surface area contributed by atoms with E-state index in [0.29, 0.717) is 12.6 Å². The van der Waals surface area contributed by atoms with Crippen molar-refractivity contribution >= 4 is 5.96 Å². The minimum Gasteiger partial charge on any atom is -0.497 e. The van der Waals surface area contributed by atoms with E-state index < -0.39 is 0 Å². The van der Waals surface area contributed by atoms with Crippen LogP contribution in [0, 0.1) is 0 Å². The number of hydrogen-bond acceptors (Lipinski definition) is 5. The first-order valence-electron chi connectivity index (χ1n) is 6.53. The number of benzene rings is 1. The highest BCUT2D eigenvalue weighted by atomic mass is 16.5. The third-order valence-corrected chi connectivity index (χ3v) is 2.84. The van der Waals surface area contributed by atoms with E-state index in [1.54, 1.807) is 7.11 Å². The molecular formula is C14H21N3O2. The highest BCUT2D eigenvalue weighted by Gasteiger charge is 2.13. The number of nitrogens with one attached hydrogen (secondary N) is 2. The minimum absolute atomic E-state index is 0.0486. The standard InChI is InChI=1S/C14H21N3O2/c1-10-8-15-14(17-10)16-9-11(2)19-13-6-4-5-12(7-13)18-3/h4-7,10-11H,8-9H2,1-3H3,(H2,15,16,17). The highest BCUT2D eigenvalue weighted by molar-refractivity contribution is 5.81. The molecule has 0 aromatic heterocycles. The average molecular weight is 263 g/mol. The molecule has 2 rings (SSSR count). The summed E-state index contributed by atoms with van der Waals surface area (Å²) >= 11 is 0. The fourth-order valence-electron chi connectivity index (χ4n) is 1.85. The van der Waals surface area contributed by atoms with Crippen molar-refractivity contribution in [3.63, 3.8) is 0 Å². The first-order chi connectivity index (χ1) is 9.17. The van der Waals surface area contributed by atoms with Gasteiger partial charge in [0.1, 0.15) is 17.6 Å². The van der Waals surface area contributed by atoms with Crippen molar-refractivity contribution in [3.05, 3.63) is 24.3 Å². The summed E-state index contributed by atoms with van der Waals surface area (Å²) in [5.41, 5.74) is 0. The van der Waals surface area contributed by atoms with Crippen LogP contribution in [0.4, 0.5) is 0 Å². The second-order valence-electron chi connectivity index (χ2n) is 4.72. The predicted octanol–water partition coefficient (Wildman–Crippen LogP) is 1.40. The van der Waals surface area contributed by atoms with Gasteiger partial charge >= 0.3 is 0 Å². The van der Waals surface area contributed by atoms with Crippen LogP contribution >= 0.6 is 0 Å². The van der Waals surface area contributed by atoms with Crippen LogP contribution in [0.15, 0.2) is 29.3 Å². The molecule has 0 bridgehead atoms. The van der Waals surface area contributed by atoms with Crippen LogP contribution in [0.25, 0.3) is 0 Å². The molecule has 0 saturated heterocycles. The van der Waals surface area contributed by atoms with Crippen molar-refractivity contribution in [1.29, 1.82) is 0 Å². The number of aliphatic imine (C=N–C) groups is 1. The topological polar surface area (TPSA) is 54.9 Å². The van der Waals surface area contributed by atoms with Crippen LogP contribution in [-0.4, -0.2) is 38.3 Å².